The molecule has 1 unspecified atom stereocenters. The fourth-order valence-corrected chi connectivity index (χ4v) is 1.79. The zero-order valence-corrected chi connectivity index (χ0v) is 13.8. The van der Waals surface area contributed by atoms with Crippen molar-refractivity contribution < 1.29 is 9.53 Å². The summed E-state index contributed by atoms with van der Waals surface area (Å²) in [6.07, 6.45) is 9.24. The molecule has 0 amide bonds. The number of ether oxygens (including phenoxy) is 1. The molecule has 1 atom stereocenters. The van der Waals surface area contributed by atoms with E-state index in [-0.39, 0.29) is 5.97 Å². The van der Waals surface area contributed by atoms with Crippen molar-refractivity contribution in [3.63, 3.8) is 0 Å². The highest BCUT2D eigenvalue weighted by atomic mass is 16.5. The van der Waals surface area contributed by atoms with E-state index in [1.807, 2.05) is 13.8 Å². The van der Waals surface area contributed by atoms with Crippen molar-refractivity contribution in [2.75, 3.05) is 6.61 Å². The van der Waals surface area contributed by atoms with Gasteiger partial charge in [0.15, 0.2) is 0 Å². The van der Waals surface area contributed by atoms with Crippen LogP contribution in [0.1, 0.15) is 66.7 Å². The first-order chi connectivity index (χ1) is 9.49. The minimum absolute atomic E-state index is 0.167. The van der Waals surface area contributed by atoms with Gasteiger partial charge in [-0.25, -0.2) is 0 Å². The Morgan fingerprint density at radius 2 is 2.00 bits per heavy atom. The Morgan fingerprint density at radius 1 is 1.30 bits per heavy atom. The Balaban J connectivity index is 4.05. The number of allylic oxidation sites excluding steroid dienone is 2. The van der Waals surface area contributed by atoms with Crippen molar-refractivity contribution in [3.8, 4) is 0 Å². The fraction of sp³-hybridized carbons (Fsp3) is 0.667. The standard InChI is InChI=1S/C18H30O2/c1-6-15(3)10-8-11-16(4)12-9-13-17(5)14-18(19)20-7-2/h9-10,16H,6-8,11-12,14H2,1-5H3/b15-10+. The average molecular weight is 278 g/mol. The van der Waals surface area contributed by atoms with Crippen LogP contribution in [0.2, 0.25) is 0 Å². The molecule has 0 aliphatic carbocycles. The lowest BCUT2D eigenvalue weighted by Crippen LogP contribution is -2.03. The number of esters is 1. The predicted molar refractivity (Wildman–Crippen MR) is 85.6 cm³/mol. The Kier molecular flexibility index (Phi) is 10.8. The number of hydrogen-bond acceptors (Lipinski definition) is 2. The van der Waals surface area contributed by atoms with Crippen LogP contribution in [0.25, 0.3) is 0 Å². The largest absolute Gasteiger partial charge is 0.466 e. The van der Waals surface area contributed by atoms with Crippen LogP contribution in [0.3, 0.4) is 0 Å². The third kappa shape index (κ3) is 10.6. The van der Waals surface area contributed by atoms with Crippen molar-refractivity contribution in [3.05, 3.63) is 29.0 Å². The molecule has 20 heavy (non-hydrogen) atoms. The summed E-state index contributed by atoms with van der Waals surface area (Å²) in [5.41, 5.74) is 5.60. The Morgan fingerprint density at radius 3 is 2.60 bits per heavy atom. The van der Waals surface area contributed by atoms with E-state index in [2.05, 4.69) is 38.7 Å². The second kappa shape index (κ2) is 11.5. The lowest BCUT2D eigenvalue weighted by atomic mass is 10.0. The molecule has 0 radical (unpaired) electrons. The summed E-state index contributed by atoms with van der Waals surface area (Å²) < 4.78 is 4.91. The number of rotatable bonds is 9. The second-order valence-electron chi connectivity index (χ2n) is 5.43. The molecule has 0 saturated carbocycles. The Bertz CT molecular complexity index is 371. The van der Waals surface area contributed by atoms with Gasteiger partial charge in [-0.3, -0.25) is 4.79 Å². The molecule has 0 fully saturated rings. The highest BCUT2D eigenvalue weighted by Crippen LogP contribution is 2.13. The molecular formula is C18H30O2. The van der Waals surface area contributed by atoms with Crippen molar-refractivity contribution in [1.82, 2.24) is 0 Å². The second-order valence-corrected chi connectivity index (χ2v) is 5.43. The highest BCUT2D eigenvalue weighted by Gasteiger charge is 2.02. The zero-order valence-electron chi connectivity index (χ0n) is 13.8. The Hall–Kier alpha value is -1.27. The zero-order chi connectivity index (χ0) is 15.4. The van der Waals surface area contributed by atoms with Gasteiger partial charge in [0.2, 0.25) is 0 Å². The van der Waals surface area contributed by atoms with Crippen LogP contribution in [0.4, 0.5) is 0 Å². The van der Waals surface area contributed by atoms with Gasteiger partial charge in [0.05, 0.1) is 13.0 Å². The van der Waals surface area contributed by atoms with Crippen molar-refractivity contribution in [2.45, 2.75) is 66.7 Å². The quantitative estimate of drug-likeness (QED) is 0.329. The van der Waals surface area contributed by atoms with Gasteiger partial charge in [0, 0.05) is 0 Å². The molecule has 0 aromatic rings. The van der Waals surface area contributed by atoms with Gasteiger partial charge in [-0.15, -0.1) is 5.73 Å². The van der Waals surface area contributed by atoms with Gasteiger partial charge in [-0.1, -0.05) is 25.5 Å². The third-order valence-electron chi connectivity index (χ3n) is 3.29. The Labute approximate surface area is 124 Å². The van der Waals surface area contributed by atoms with Crippen molar-refractivity contribution >= 4 is 5.97 Å². The molecule has 0 aliphatic rings. The average Bonchev–Trinajstić information content (AvgIpc) is 2.38. The van der Waals surface area contributed by atoms with Gasteiger partial charge >= 0.3 is 5.97 Å². The van der Waals surface area contributed by atoms with Crippen LogP contribution < -0.4 is 0 Å². The molecule has 0 heterocycles. The smallest absolute Gasteiger partial charge is 0.310 e. The third-order valence-corrected chi connectivity index (χ3v) is 3.29. The summed E-state index contributed by atoms with van der Waals surface area (Å²) in [7, 11) is 0. The minimum Gasteiger partial charge on any atom is -0.466 e. The molecular weight excluding hydrogens is 248 g/mol. The summed E-state index contributed by atoms with van der Waals surface area (Å²) in [6.45, 7) is 10.8. The van der Waals surface area contributed by atoms with E-state index in [4.69, 9.17) is 4.74 Å². The molecule has 0 rings (SSSR count). The number of hydrogen-bond donors (Lipinski definition) is 0. The van der Waals surface area contributed by atoms with E-state index < -0.39 is 0 Å². The minimum atomic E-state index is -0.167. The molecule has 2 nitrogen and oxygen atoms in total. The van der Waals surface area contributed by atoms with Gasteiger partial charge in [0.25, 0.3) is 0 Å². The molecule has 0 aliphatic heterocycles. The first-order valence-corrected chi connectivity index (χ1v) is 7.71. The van der Waals surface area contributed by atoms with Gasteiger partial charge < -0.3 is 4.74 Å². The normalized spacial score (nSPS) is 12.6. The molecule has 114 valence electrons. The van der Waals surface area contributed by atoms with Gasteiger partial charge in [-0.2, -0.15) is 0 Å². The maximum absolute atomic E-state index is 11.3. The lowest BCUT2D eigenvalue weighted by Gasteiger charge is -2.06. The van der Waals surface area contributed by atoms with Crippen LogP contribution in [-0.4, -0.2) is 12.6 Å². The summed E-state index contributed by atoms with van der Waals surface area (Å²) in [4.78, 5) is 11.3. The highest BCUT2D eigenvalue weighted by molar-refractivity contribution is 5.72. The molecule has 0 aromatic heterocycles. The van der Waals surface area contributed by atoms with Gasteiger partial charge in [-0.05, 0) is 64.0 Å². The monoisotopic (exact) mass is 278 g/mol. The fourth-order valence-electron chi connectivity index (χ4n) is 1.79. The van der Waals surface area contributed by atoms with E-state index in [0.717, 1.165) is 24.8 Å². The van der Waals surface area contributed by atoms with E-state index in [1.165, 1.54) is 12.0 Å². The SMILES string of the molecule is CCOC(=O)CC(C)=C=CCC(C)CC/C=C(\C)CC. The predicted octanol–water partition coefficient (Wildman–Crippen LogP) is 5.20. The molecule has 0 saturated heterocycles. The lowest BCUT2D eigenvalue weighted by molar-refractivity contribution is -0.142. The molecule has 0 N–H and O–H groups in total. The van der Waals surface area contributed by atoms with Gasteiger partial charge in [0.1, 0.15) is 0 Å². The molecule has 2 heteroatoms. The summed E-state index contributed by atoms with van der Waals surface area (Å²) in [5, 5.41) is 0. The first kappa shape index (κ1) is 18.7. The maximum Gasteiger partial charge on any atom is 0.310 e. The number of carbonyl (C=O) groups excluding carboxylic acids is 1. The van der Waals surface area contributed by atoms with Crippen molar-refractivity contribution in [1.29, 1.82) is 0 Å². The van der Waals surface area contributed by atoms with E-state index in [9.17, 15) is 4.79 Å². The number of carbonyl (C=O) groups is 1. The van der Waals surface area contributed by atoms with Crippen molar-refractivity contribution in [2.24, 2.45) is 5.92 Å². The summed E-state index contributed by atoms with van der Waals surface area (Å²) in [5.74, 6) is 0.484. The first-order valence-electron chi connectivity index (χ1n) is 7.71. The maximum atomic E-state index is 11.3. The van der Waals surface area contributed by atoms with E-state index in [0.29, 0.717) is 18.9 Å². The molecule has 0 bridgehead atoms. The van der Waals surface area contributed by atoms with Crippen LogP contribution in [0.15, 0.2) is 29.0 Å². The van der Waals surface area contributed by atoms with Crippen LogP contribution in [-0.2, 0) is 9.53 Å². The van der Waals surface area contributed by atoms with Crippen LogP contribution in [0, 0.1) is 5.92 Å². The van der Waals surface area contributed by atoms with E-state index >= 15 is 0 Å². The van der Waals surface area contributed by atoms with E-state index in [1.54, 1.807) is 0 Å². The summed E-state index contributed by atoms with van der Waals surface area (Å²) >= 11 is 0. The summed E-state index contributed by atoms with van der Waals surface area (Å²) in [6, 6.07) is 0. The van der Waals surface area contributed by atoms with Crippen LogP contribution in [0.5, 0.6) is 0 Å². The molecule has 0 aromatic carbocycles. The van der Waals surface area contributed by atoms with Crippen LogP contribution >= 0.6 is 0 Å². The molecule has 0 spiro atoms. The topological polar surface area (TPSA) is 26.3 Å².